The van der Waals surface area contributed by atoms with E-state index in [1.165, 1.54) is 0 Å². The maximum atomic E-state index is 12.6. The first-order valence-corrected chi connectivity index (χ1v) is 7.61. The number of hydrogen-bond acceptors (Lipinski definition) is 1. The van der Waals surface area contributed by atoms with Crippen LogP contribution >= 0.6 is 11.6 Å². The minimum Gasteiger partial charge on any atom is -0.325 e. The molecule has 1 atom stereocenters. The van der Waals surface area contributed by atoms with Crippen LogP contribution in [0.5, 0.6) is 0 Å². The van der Waals surface area contributed by atoms with Crippen molar-refractivity contribution in [2.75, 3.05) is 5.32 Å². The summed E-state index contributed by atoms with van der Waals surface area (Å²) in [6.45, 7) is 4.04. The molecule has 0 fully saturated rings. The van der Waals surface area contributed by atoms with Crippen LogP contribution in [0.3, 0.4) is 0 Å². The van der Waals surface area contributed by atoms with E-state index in [1.54, 1.807) is 6.07 Å². The van der Waals surface area contributed by atoms with Crippen LogP contribution in [0.15, 0.2) is 48.5 Å². The largest absolute Gasteiger partial charge is 0.325 e. The number of halogens is 1. The Hall–Kier alpha value is -1.80. The van der Waals surface area contributed by atoms with Crippen LogP contribution in [0.2, 0.25) is 5.02 Å². The Bertz CT molecular complexity index is 610. The van der Waals surface area contributed by atoms with E-state index in [9.17, 15) is 4.79 Å². The third-order valence-electron chi connectivity index (χ3n) is 3.54. The molecule has 0 aromatic heterocycles. The van der Waals surface area contributed by atoms with E-state index in [1.807, 2.05) is 49.4 Å². The lowest BCUT2D eigenvalue weighted by Crippen LogP contribution is -2.21. The van der Waals surface area contributed by atoms with Crippen LogP contribution in [0.1, 0.15) is 36.8 Å². The van der Waals surface area contributed by atoms with Gasteiger partial charge >= 0.3 is 0 Å². The fourth-order valence-electron chi connectivity index (χ4n) is 2.41. The van der Waals surface area contributed by atoms with Crippen molar-refractivity contribution >= 4 is 23.2 Å². The van der Waals surface area contributed by atoms with Crippen molar-refractivity contribution in [1.82, 2.24) is 0 Å². The number of rotatable bonds is 5. The van der Waals surface area contributed by atoms with E-state index in [0.29, 0.717) is 5.02 Å². The highest BCUT2D eigenvalue weighted by molar-refractivity contribution is 6.30. The molecule has 0 spiro atoms. The summed E-state index contributed by atoms with van der Waals surface area (Å²) in [6.07, 6.45) is 1.80. The monoisotopic (exact) mass is 301 g/mol. The van der Waals surface area contributed by atoms with Gasteiger partial charge in [0, 0.05) is 10.7 Å². The lowest BCUT2D eigenvalue weighted by Gasteiger charge is -2.17. The zero-order valence-electron chi connectivity index (χ0n) is 12.4. The second-order valence-corrected chi connectivity index (χ2v) is 5.64. The van der Waals surface area contributed by atoms with Crippen LogP contribution in [-0.2, 0) is 4.79 Å². The number of amides is 1. The third kappa shape index (κ3) is 4.08. The summed E-state index contributed by atoms with van der Waals surface area (Å²) in [6, 6.07) is 15.4. The molecule has 0 saturated carbocycles. The molecule has 2 nitrogen and oxygen atoms in total. The van der Waals surface area contributed by atoms with Gasteiger partial charge in [0.25, 0.3) is 0 Å². The molecule has 0 saturated heterocycles. The fourth-order valence-corrected chi connectivity index (χ4v) is 2.64. The second kappa shape index (κ2) is 7.28. The molecule has 0 heterocycles. The molecule has 2 aromatic rings. The SMILES string of the molecule is CCCC(C(=O)Nc1ccc(Cl)cc1C)c1ccccc1. The van der Waals surface area contributed by atoms with E-state index < -0.39 is 0 Å². The molecule has 0 radical (unpaired) electrons. The molecule has 1 N–H and O–H groups in total. The summed E-state index contributed by atoms with van der Waals surface area (Å²) in [5.74, 6) is -0.0836. The van der Waals surface area contributed by atoms with E-state index in [2.05, 4.69) is 12.2 Å². The van der Waals surface area contributed by atoms with Crippen LogP contribution in [0.4, 0.5) is 5.69 Å². The number of benzene rings is 2. The molecule has 21 heavy (non-hydrogen) atoms. The quantitative estimate of drug-likeness (QED) is 0.811. The fraction of sp³-hybridized carbons (Fsp3) is 0.278. The Morgan fingerprint density at radius 3 is 2.52 bits per heavy atom. The summed E-state index contributed by atoms with van der Waals surface area (Å²) in [5, 5.41) is 3.70. The maximum absolute atomic E-state index is 12.6. The van der Waals surface area contributed by atoms with Crippen molar-refractivity contribution < 1.29 is 4.79 Å². The van der Waals surface area contributed by atoms with Gasteiger partial charge in [-0.3, -0.25) is 4.79 Å². The van der Waals surface area contributed by atoms with Crippen molar-refractivity contribution in [1.29, 1.82) is 0 Å². The minimum atomic E-state index is -0.119. The van der Waals surface area contributed by atoms with E-state index in [0.717, 1.165) is 29.7 Å². The van der Waals surface area contributed by atoms with Gasteiger partial charge in [-0.15, -0.1) is 0 Å². The molecule has 2 rings (SSSR count). The van der Waals surface area contributed by atoms with Crippen LogP contribution in [0, 0.1) is 6.92 Å². The molecule has 110 valence electrons. The van der Waals surface area contributed by atoms with Crippen molar-refractivity contribution in [3.63, 3.8) is 0 Å². The highest BCUT2D eigenvalue weighted by Crippen LogP contribution is 2.25. The molecule has 0 aliphatic carbocycles. The molecule has 2 aromatic carbocycles. The highest BCUT2D eigenvalue weighted by atomic mass is 35.5. The third-order valence-corrected chi connectivity index (χ3v) is 3.78. The molecule has 0 aliphatic rings. The normalized spacial score (nSPS) is 12.0. The van der Waals surface area contributed by atoms with Crippen LogP contribution < -0.4 is 5.32 Å². The lowest BCUT2D eigenvalue weighted by atomic mass is 9.93. The molecular formula is C18H20ClNO. The smallest absolute Gasteiger partial charge is 0.231 e. The summed E-state index contributed by atoms with van der Waals surface area (Å²) < 4.78 is 0. The molecule has 3 heteroatoms. The minimum absolute atomic E-state index is 0.0356. The Morgan fingerprint density at radius 2 is 1.90 bits per heavy atom. The summed E-state index contributed by atoms with van der Waals surface area (Å²) >= 11 is 5.95. The average molecular weight is 302 g/mol. The molecule has 0 bridgehead atoms. The average Bonchev–Trinajstić information content (AvgIpc) is 2.48. The second-order valence-electron chi connectivity index (χ2n) is 5.20. The summed E-state index contributed by atoms with van der Waals surface area (Å²) in [7, 11) is 0. The van der Waals surface area contributed by atoms with Crippen LogP contribution in [-0.4, -0.2) is 5.91 Å². The zero-order valence-corrected chi connectivity index (χ0v) is 13.2. The first-order chi connectivity index (χ1) is 10.1. The molecule has 1 amide bonds. The lowest BCUT2D eigenvalue weighted by molar-refractivity contribution is -0.117. The topological polar surface area (TPSA) is 29.1 Å². The van der Waals surface area contributed by atoms with Gasteiger partial charge < -0.3 is 5.32 Å². The van der Waals surface area contributed by atoms with Crippen LogP contribution in [0.25, 0.3) is 0 Å². The predicted octanol–water partition coefficient (Wildman–Crippen LogP) is 5.17. The number of carbonyl (C=O) groups excluding carboxylic acids is 1. The Kier molecular flexibility index (Phi) is 5.40. The Balaban J connectivity index is 2.19. The maximum Gasteiger partial charge on any atom is 0.231 e. The van der Waals surface area contributed by atoms with E-state index in [4.69, 9.17) is 11.6 Å². The Morgan fingerprint density at radius 1 is 1.19 bits per heavy atom. The van der Waals surface area contributed by atoms with Crippen molar-refractivity contribution in [3.8, 4) is 0 Å². The number of anilines is 1. The van der Waals surface area contributed by atoms with Crippen molar-refractivity contribution in [2.24, 2.45) is 0 Å². The van der Waals surface area contributed by atoms with Gasteiger partial charge in [0.1, 0.15) is 0 Å². The highest BCUT2D eigenvalue weighted by Gasteiger charge is 2.20. The van der Waals surface area contributed by atoms with Gasteiger partial charge in [-0.1, -0.05) is 55.3 Å². The number of nitrogens with one attached hydrogen (secondary N) is 1. The first-order valence-electron chi connectivity index (χ1n) is 7.23. The predicted molar refractivity (Wildman–Crippen MR) is 88.9 cm³/mol. The standard InChI is InChI=1S/C18H20ClNO/c1-3-7-16(14-8-5-4-6-9-14)18(21)20-17-11-10-15(19)12-13(17)2/h4-6,8-12,16H,3,7H2,1-2H3,(H,20,21). The molecular weight excluding hydrogens is 282 g/mol. The molecule has 0 aliphatic heterocycles. The van der Waals surface area contributed by atoms with Gasteiger partial charge in [-0.2, -0.15) is 0 Å². The number of hydrogen-bond donors (Lipinski definition) is 1. The zero-order chi connectivity index (χ0) is 15.2. The van der Waals surface area contributed by atoms with Gasteiger partial charge in [0.05, 0.1) is 5.92 Å². The molecule has 1 unspecified atom stereocenters. The van der Waals surface area contributed by atoms with Crippen molar-refractivity contribution in [2.45, 2.75) is 32.6 Å². The summed E-state index contributed by atoms with van der Waals surface area (Å²) in [5.41, 5.74) is 2.85. The van der Waals surface area contributed by atoms with E-state index in [-0.39, 0.29) is 11.8 Å². The number of aryl methyl sites for hydroxylation is 1. The first kappa shape index (κ1) is 15.6. The summed E-state index contributed by atoms with van der Waals surface area (Å²) in [4.78, 5) is 12.6. The van der Waals surface area contributed by atoms with Gasteiger partial charge in [0.2, 0.25) is 5.91 Å². The van der Waals surface area contributed by atoms with E-state index >= 15 is 0 Å². The van der Waals surface area contributed by atoms with Gasteiger partial charge in [0.15, 0.2) is 0 Å². The van der Waals surface area contributed by atoms with Gasteiger partial charge in [-0.25, -0.2) is 0 Å². The van der Waals surface area contributed by atoms with Crippen molar-refractivity contribution in [3.05, 3.63) is 64.7 Å². The van der Waals surface area contributed by atoms with Gasteiger partial charge in [-0.05, 0) is 42.7 Å². The number of carbonyl (C=O) groups is 1. The Labute approximate surface area is 131 Å².